The average Bonchev–Trinajstić information content (AvgIpc) is 2.72. The number of benzene rings is 1. The van der Waals surface area contributed by atoms with Gasteiger partial charge in [0.2, 0.25) is 0 Å². The Balaban J connectivity index is 1.88. The highest BCUT2D eigenvalue weighted by Crippen LogP contribution is 2.45. The highest BCUT2D eigenvalue weighted by molar-refractivity contribution is 6.42. The molecule has 0 N–H and O–H groups in total. The lowest BCUT2D eigenvalue weighted by Gasteiger charge is -2.33. The first-order chi connectivity index (χ1) is 8.65. The first kappa shape index (κ1) is 12.8. The fourth-order valence-corrected chi connectivity index (χ4v) is 4.16. The largest absolute Gasteiger partial charge is 0.306 e. The third kappa shape index (κ3) is 2.29. The molecule has 0 unspecified atom stereocenters. The minimum atomic E-state index is 0.663. The highest BCUT2D eigenvalue weighted by Gasteiger charge is 2.39. The van der Waals surface area contributed by atoms with E-state index in [9.17, 15) is 0 Å². The van der Waals surface area contributed by atoms with E-state index in [0.29, 0.717) is 16.0 Å². The first-order valence-corrected chi connectivity index (χ1v) is 7.54. The van der Waals surface area contributed by atoms with Crippen molar-refractivity contribution in [2.75, 3.05) is 20.1 Å². The summed E-state index contributed by atoms with van der Waals surface area (Å²) in [5.74, 6) is 2.35. The van der Waals surface area contributed by atoms with Crippen molar-refractivity contribution in [2.45, 2.75) is 25.2 Å². The molecule has 1 nitrogen and oxygen atoms in total. The van der Waals surface area contributed by atoms with E-state index in [0.717, 1.165) is 11.8 Å². The van der Waals surface area contributed by atoms with E-state index in [1.54, 1.807) is 0 Å². The molecule has 0 spiro atoms. The monoisotopic (exact) mass is 283 g/mol. The maximum atomic E-state index is 6.16. The predicted molar refractivity (Wildman–Crippen MR) is 77.5 cm³/mol. The highest BCUT2D eigenvalue weighted by atomic mass is 35.5. The predicted octanol–water partition coefficient (Wildman–Crippen LogP) is 4.44. The van der Waals surface area contributed by atoms with Gasteiger partial charge in [0, 0.05) is 13.1 Å². The molecule has 98 valence electrons. The maximum Gasteiger partial charge on any atom is 0.0595 e. The van der Waals surface area contributed by atoms with Crippen molar-refractivity contribution in [3.05, 3.63) is 33.8 Å². The number of hydrogen-bond donors (Lipinski definition) is 0. The van der Waals surface area contributed by atoms with Gasteiger partial charge in [0.05, 0.1) is 10.0 Å². The van der Waals surface area contributed by atoms with Crippen molar-refractivity contribution in [3.8, 4) is 0 Å². The van der Waals surface area contributed by atoms with Crippen LogP contribution in [0.1, 0.15) is 30.7 Å². The Morgan fingerprint density at radius 3 is 2.72 bits per heavy atom. The lowest BCUT2D eigenvalue weighted by molar-refractivity contribution is 0.258. The van der Waals surface area contributed by atoms with Gasteiger partial charge in [0.15, 0.2) is 0 Å². The van der Waals surface area contributed by atoms with Crippen molar-refractivity contribution < 1.29 is 0 Å². The Morgan fingerprint density at radius 1 is 1.11 bits per heavy atom. The molecule has 0 aromatic heterocycles. The van der Waals surface area contributed by atoms with Crippen LogP contribution in [0.2, 0.25) is 10.0 Å². The van der Waals surface area contributed by atoms with Crippen LogP contribution in [-0.4, -0.2) is 25.0 Å². The van der Waals surface area contributed by atoms with E-state index in [2.05, 4.69) is 24.1 Å². The molecule has 1 heterocycles. The van der Waals surface area contributed by atoms with Crippen LogP contribution in [0.25, 0.3) is 0 Å². The Morgan fingerprint density at radius 2 is 1.94 bits per heavy atom. The summed E-state index contributed by atoms with van der Waals surface area (Å²) < 4.78 is 0. The topological polar surface area (TPSA) is 3.24 Å². The van der Waals surface area contributed by atoms with Crippen LogP contribution in [0.15, 0.2) is 18.2 Å². The van der Waals surface area contributed by atoms with Gasteiger partial charge in [0.25, 0.3) is 0 Å². The van der Waals surface area contributed by atoms with E-state index in [-0.39, 0.29) is 0 Å². The van der Waals surface area contributed by atoms with Crippen LogP contribution < -0.4 is 0 Å². The number of nitrogens with zero attached hydrogens (tertiary/aromatic N) is 1. The molecule has 0 radical (unpaired) electrons. The zero-order valence-corrected chi connectivity index (χ0v) is 12.2. The number of halogens is 2. The maximum absolute atomic E-state index is 6.16. The van der Waals surface area contributed by atoms with Crippen LogP contribution in [0.3, 0.4) is 0 Å². The molecule has 1 saturated heterocycles. The molecule has 1 aliphatic heterocycles. The second-order valence-electron chi connectivity index (χ2n) is 5.86. The molecule has 18 heavy (non-hydrogen) atoms. The third-order valence-electron chi connectivity index (χ3n) is 4.65. The minimum absolute atomic E-state index is 0.663. The van der Waals surface area contributed by atoms with Gasteiger partial charge in [-0.15, -0.1) is 0 Å². The zero-order chi connectivity index (χ0) is 12.7. The summed E-state index contributed by atoms with van der Waals surface area (Å²) in [6.07, 6.45) is 4.04. The second-order valence-corrected chi connectivity index (χ2v) is 6.67. The minimum Gasteiger partial charge on any atom is -0.306 e. The molecule has 2 aliphatic rings. The van der Waals surface area contributed by atoms with Crippen molar-refractivity contribution in [2.24, 2.45) is 11.8 Å². The van der Waals surface area contributed by atoms with E-state index >= 15 is 0 Å². The number of likely N-dealkylation sites (tertiary alicyclic amines) is 1. The van der Waals surface area contributed by atoms with Crippen molar-refractivity contribution in [1.29, 1.82) is 0 Å². The number of rotatable bonds is 1. The fourth-order valence-electron chi connectivity index (χ4n) is 3.85. The summed E-state index contributed by atoms with van der Waals surface area (Å²) in [4.78, 5) is 2.48. The van der Waals surface area contributed by atoms with Crippen LogP contribution in [0, 0.1) is 11.8 Å². The summed E-state index contributed by atoms with van der Waals surface area (Å²) in [6.45, 7) is 2.50. The average molecular weight is 284 g/mol. The smallest absolute Gasteiger partial charge is 0.0595 e. The lowest BCUT2D eigenvalue weighted by atomic mass is 9.71. The zero-order valence-electron chi connectivity index (χ0n) is 10.7. The third-order valence-corrected chi connectivity index (χ3v) is 5.39. The van der Waals surface area contributed by atoms with Crippen molar-refractivity contribution in [1.82, 2.24) is 4.90 Å². The van der Waals surface area contributed by atoms with E-state index in [1.165, 1.54) is 37.9 Å². The molecule has 0 amide bonds. The van der Waals surface area contributed by atoms with Gasteiger partial charge in [-0.1, -0.05) is 35.7 Å². The van der Waals surface area contributed by atoms with E-state index < -0.39 is 0 Å². The molecule has 1 aliphatic carbocycles. The van der Waals surface area contributed by atoms with Crippen LogP contribution in [0.5, 0.6) is 0 Å². The lowest BCUT2D eigenvalue weighted by Crippen LogP contribution is -2.25. The molecule has 1 saturated carbocycles. The van der Waals surface area contributed by atoms with Gasteiger partial charge in [-0.05, 0) is 55.3 Å². The fraction of sp³-hybridized carbons (Fsp3) is 0.600. The Bertz CT molecular complexity index is 446. The van der Waals surface area contributed by atoms with Gasteiger partial charge >= 0.3 is 0 Å². The quantitative estimate of drug-likeness (QED) is 0.737. The van der Waals surface area contributed by atoms with E-state index in [4.69, 9.17) is 23.2 Å². The molecule has 3 rings (SSSR count). The van der Waals surface area contributed by atoms with Gasteiger partial charge < -0.3 is 4.90 Å². The van der Waals surface area contributed by atoms with Gasteiger partial charge in [0.1, 0.15) is 0 Å². The summed E-state index contributed by atoms with van der Waals surface area (Å²) in [5, 5.41) is 1.36. The molecular weight excluding hydrogens is 265 g/mol. The summed E-state index contributed by atoms with van der Waals surface area (Å²) in [5.41, 5.74) is 1.38. The summed E-state index contributed by atoms with van der Waals surface area (Å²) in [6, 6.07) is 6.19. The first-order valence-electron chi connectivity index (χ1n) is 6.78. The van der Waals surface area contributed by atoms with Crippen molar-refractivity contribution >= 4 is 23.2 Å². The molecule has 2 fully saturated rings. The van der Waals surface area contributed by atoms with Gasteiger partial charge in [-0.3, -0.25) is 0 Å². The Kier molecular flexibility index (Phi) is 3.57. The molecule has 1 aromatic rings. The molecule has 3 heteroatoms. The van der Waals surface area contributed by atoms with Crippen LogP contribution >= 0.6 is 23.2 Å². The van der Waals surface area contributed by atoms with E-state index in [1.807, 2.05) is 6.07 Å². The molecule has 1 aromatic carbocycles. The van der Waals surface area contributed by atoms with Gasteiger partial charge in [-0.25, -0.2) is 0 Å². The Labute approximate surface area is 119 Å². The number of fused-ring (bicyclic) bond motifs is 1. The molecule has 0 bridgehead atoms. The van der Waals surface area contributed by atoms with Crippen molar-refractivity contribution in [3.63, 3.8) is 0 Å². The summed E-state index contributed by atoms with van der Waals surface area (Å²) >= 11 is 12.2. The van der Waals surface area contributed by atoms with Crippen LogP contribution in [0.4, 0.5) is 0 Å². The SMILES string of the molecule is CN1C[C@@H]2CCC[C@@H](c3ccc(Cl)c(Cl)c3)[C@@H]2C1. The molecule has 3 atom stereocenters. The standard InChI is InChI=1S/C15H19Cl2N/c1-18-8-11-3-2-4-12(13(11)9-18)10-5-6-14(16)15(17)7-10/h5-7,11-13H,2-4,8-9H2,1H3/t11-,12-,13+/m0/s1. The Hall–Kier alpha value is -0.240. The summed E-state index contributed by atoms with van der Waals surface area (Å²) in [7, 11) is 2.24. The van der Waals surface area contributed by atoms with Crippen LogP contribution in [-0.2, 0) is 0 Å². The second kappa shape index (κ2) is 5.03. The number of hydrogen-bond acceptors (Lipinski definition) is 1. The normalized spacial score (nSPS) is 32.5. The van der Waals surface area contributed by atoms with Gasteiger partial charge in [-0.2, -0.15) is 0 Å². The molecular formula is C15H19Cl2N.